The second kappa shape index (κ2) is 27.3. The van der Waals surface area contributed by atoms with Gasteiger partial charge >= 0.3 is 12.0 Å². The number of para-hydroxylation sites is 2. The predicted octanol–water partition coefficient (Wildman–Crippen LogP) is 9.71. The number of benzene rings is 5. The fraction of sp³-hybridized carbons (Fsp3) is 0.102. The van der Waals surface area contributed by atoms with Crippen LogP contribution in [0.4, 0.5) is 15.6 Å². The van der Waals surface area contributed by atoms with Gasteiger partial charge in [0.25, 0.3) is 11.8 Å². The summed E-state index contributed by atoms with van der Waals surface area (Å²) in [5, 5.41) is 41.7. The maximum absolute atomic E-state index is 11.9. The Labute approximate surface area is 399 Å². The minimum Gasteiger partial charge on any atom is -0.477 e. The summed E-state index contributed by atoms with van der Waals surface area (Å²) in [6.45, 7) is 4.40. The van der Waals surface area contributed by atoms with E-state index in [0.717, 1.165) is 25.0 Å². The van der Waals surface area contributed by atoms with Crippen LogP contribution in [0.3, 0.4) is 0 Å². The number of amides is 4. The van der Waals surface area contributed by atoms with Crippen molar-refractivity contribution in [2.75, 3.05) is 17.7 Å². The number of carboxylic acid groups (broad SMARTS) is 1. The summed E-state index contributed by atoms with van der Waals surface area (Å²) in [5.41, 5.74) is 7.22. The summed E-state index contributed by atoms with van der Waals surface area (Å²) in [7, 11) is 1.73. The number of allylic oxidation sites excluding steroid dienone is 4. The van der Waals surface area contributed by atoms with Gasteiger partial charge in [-0.3, -0.25) is 14.9 Å². The lowest BCUT2D eigenvalue weighted by atomic mass is 10.1. The average Bonchev–Trinajstić information content (AvgIpc) is 3.73. The molecule has 0 saturated heterocycles. The van der Waals surface area contributed by atoms with Crippen molar-refractivity contribution < 1.29 is 29.5 Å². The molecule has 0 unspecified atom stereocenters. The molecule has 1 aliphatic carbocycles. The minimum absolute atomic E-state index is 0.0730. The monoisotopic (exact) mass is 1020 g/mol. The number of nitriles is 1. The van der Waals surface area contributed by atoms with Crippen LogP contribution < -0.4 is 21.4 Å². The van der Waals surface area contributed by atoms with Crippen LogP contribution in [0, 0.1) is 14.9 Å². The molecule has 17 heteroatoms. The third-order valence-electron chi connectivity index (χ3n) is 8.35. The second-order valence-corrected chi connectivity index (χ2v) is 16.1. The number of hydrogen-bond acceptors (Lipinski definition) is 11. The molecule has 0 aliphatic heterocycles. The predicted molar refractivity (Wildman–Crippen MR) is 269 cm³/mol. The number of carboxylic acids is 1. The first-order chi connectivity index (χ1) is 31.8. The second-order valence-electron chi connectivity index (χ2n) is 13.9. The van der Waals surface area contributed by atoms with Gasteiger partial charge in [-0.1, -0.05) is 107 Å². The standard InChI is InChI=1S/C13H10INO.C13H11N3O2.C12H12N2O2.C11H13N3OS/c14-12-9-5-4-8-11(12)13(16)15-10-6-2-1-3-7-10;17-13(10-4-2-1-3-5-10)15-14-11-6-8-12(16-18)9-7-11;1-14(9-11(7-13)12(15)16)8-10-5-3-2-4-6-10;1-7(2)12-10(15)14-11-13-8-5-3-4-6-9(8)16-11/h1-9H,(H,15,16);1-9,18H,(H,15,17);2-6,9H,8H2,1H3,(H,15,16);3-7H,1-2H3,(H2,12,13,14,15)/b;;11-9+;. The Balaban J connectivity index is 0.000000193. The van der Waals surface area contributed by atoms with Gasteiger partial charge in [-0.15, -0.1) is 0 Å². The maximum atomic E-state index is 11.9. The summed E-state index contributed by atoms with van der Waals surface area (Å²) in [6.07, 6.45) is 7.79. The van der Waals surface area contributed by atoms with Crippen molar-refractivity contribution >= 4 is 90.2 Å². The number of hydrazone groups is 1. The molecule has 66 heavy (non-hydrogen) atoms. The summed E-state index contributed by atoms with van der Waals surface area (Å²) in [4.78, 5) is 51.6. The normalized spacial score (nSPS) is 11.2. The SMILES string of the molecule is CC(C)NC(=O)Nc1nc2ccccc2s1.CN(/C=C(\C#N)C(=O)O)Cc1ccccc1.O=C(NN=C1C=CC(=NO)C=C1)c1ccccc1.O=C(Nc1ccccc1)c1ccccc1I. The Morgan fingerprint density at radius 3 is 1.95 bits per heavy atom. The molecule has 1 aromatic heterocycles. The first-order valence-corrected chi connectivity index (χ1v) is 21.9. The largest absolute Gasteiger partial charge is 0.477 e. The molecular weight excluding hydrogens is 970 g/mol. The number of hydrogen-bond donors (Lipinski definition) is 6. The number of anilines is 2. The van der Waals surface area contributed by atoms with E-state index in [1.165, 1.54) is 17.5 Å². The number of fused-ring (bicyclic) bond motifs is 1. The van der Waals surface area contributed by atoms with Gasteiger partial charge in [0.15, 0.2) is 10.7 Å². The Morgan fingerprint density at radius 2 is 1.36 bits per heavy atom. The maximum Gasteiger partial charge on any atom is 0.347 e. The molecule has 4 amide bonds. The topological polar surface area (TPSA) is 222 Å². The smallest absolute Gasteiger partial charge is 0.347 e. The van der Waals surface area contributed by atoms with Gasteiger partial charge in [0.1, 0.15) is 11.8 Å². The molecule has 15 nitrogen and oxygen atoms in total. The van der Waals surface area contributed by atoms with Crippen molar-refractivity contribution in [3.05, 3.63) is 196 Å². The van der Waals surface area contributed by atoms with Gasteiger partial charge in [0.2, 0.25) is 0 Å². The number of carbonyl (C=O) groups excluding carboxylic acids is 3. The van der Waals surface area contributed by atoms with Crippen LogP contribution in [0.1, 0.15) is 40.1 Å². The highest BCUT2D eigenvalue weighted by atomic mass is 127. The molecule has 0 bridgehead atoms. The summed E-state index contributed by atoms with van der Waals surface area (Å²) < 4.78 is 2.02. The molecule has 0 fully saturated rings. The zero-order chi connectivity index (χ0) is 47.7. The third kappa shape index (κ3) is 18.0. The number of oxime groups is 1. The number of rotatable bonds is 10. The number of urea groups is 1. The van der Waals surface area contributed by atoms with Crippen LogP contribution in [0.25, 0.3) is 10.2 Å². The quantitative estimate of drug-likeness (QED) is 0.0192. The summed E-state index contributed by atoms with van der Waals surface area (Å²) in [5.74, 6) is -1.55. The molecule has 0 spiro atoms. The van der Waals surface area contributed by atoms with Crippen molar-refractivity contribution in [2.24, 2.45) is 10.3 Å². The number of halogens is 1. The fourth-order valence-electron chi connectivity index (χ4n) is 5.32. The summed E-state index contributed by atoms with van der Waals surface area (Å²) >= 11 is 3.63. The molecule has 0 radical (unpaired) electrons. The van der Waals surface area contributed by atoms with E-state index in [4.69, 9.17) is 15.6 Å². The van der Waals surface area contributed by atoms with Crippen molar-refractivity contribution in [1.82, 2.24) is 20.6 Å². The molecular formula is C49H46IN9O6S. The van der Waals surface area contributed by atoms with Crippen LogP contribution in [-0.2, 0) is 11.3 Å². The number of aliphatic carboxylic acids is 1. The van der Waals surface area contributed by atoms with E-state index in [1.807, 2.05) is 129 Å². The Morgan fingerprint density at radius 1 is 0.788 bits per heavy atom. The third-order valence-corrected chi connectivity index (χ3v) is 10.2. The Kier molecular flexibility index (Phi) is 21.0. The lowest BCUT2D eigenvalue weighted by Crippen LogP contribution is -2.34. The van der Waals surface area contributed by atoms with E-state index in [0.29, 0.717) is 34.2 Å². The molecule has 1 aliphatic rings. The minimum atomic E-state index is -1.21. The van der Waals surface area contributed by atoms with Crippen LogP contribution in [0.5, 0.6) is 0 Å². The van der Waals surface area contributed by atoms with E-state index in [9.17, 15) is 19.2 Å². The fourth-order valence-corrected chi connectivity index (χ4v) is 6.81. The van der Waals surface area contributed by atoms with Crippen molar-refractivity contribution in [3.8, 4) is 6.07 Å². The molecule has 7 rings (SSSR count). The van der Waals surface area contributed by atoms with Gasteiger partial charge in [-0.2, -0.15) is 10.4 Å². The molecule has 0 atom stereocenters. The van der Waals surface area contributed by atoms with Crippen LogP contribution in [0.15, 0.2) is 186 Å². The molecule has 1 heterocycles. The van der Waals surface area contributed by atoms with E-state index >= 15 is 0 Å². The lowest BCUT2D eigenvalue weighted by Gasteiger charge is -2.13. The summed E-state index contributed by atoms with van der Waals surface area (Å²) in [6, 6.07) is 44.7. The van der Waals surface area contributed by atoms with Crippen molar-refractivity contribution in [2.45, 2.75) is 26.4 Å². The molecule has 5 aromatic carbocycles. The number of aromatic nitrogens is 1. The number of nitrogens with one attached hydrogen (secondary N) is 4. The van der Waals surface area contributed by atoms with Crippen LogP contribution in [0.2, 0.25) is 0 Å². The van der Waals surface area contributed by atoms with E-state index in [2.05, 4.69) is 59.2 Å². The Bertz CT molecular complexity index is 2700. The number of nitrogens with zero attached hydrogens (tertiary/aromatic N) is 5. The number of thiazole rings is 1. The first kappa shape index (κ1) is 50.7. The highest BCUT2D eigenvalue weighted by Crippen LogP contribution is 2.25. The zero-order valence-electron chi connectivity index (χ0n) is 36.0. The molecule has 0 saturated carbocycles. The molecule has 336 valence electrons. The average molecular weight is 1020 g/mol. The van der Waals surface area contributed by atoms with Gasteiger partial charge < -0.3 is 25.8 Å². The number of carbonyl (C=O) groups is 4. The van der Waals surface area contributed by atoms with Gasteiger partial charge in [0, 0.05) is 40.7 Å². The van der Waals surface area contributed by atoms with Crippen molar-refractivity contribution in [1.29, 1.82) is 5.26 Å². The zero-order valence-corrected chi connectivity index (χ0v) is 39.0. The highest BCUT2D eigenvalue weighted by Gasteiger charge is 2.10. The molecule has 6 N–H and O–H groups in total. The first-order valence-electron chi connectivity index (χ1n) is 20.0. The molecule has 6 aromatic rings. The van der Waals surface area contributed by atoms with E-state index in [-0.39, 0.29) is 29.5 Å². The van der Waals surface area contributed by atoms with E-state index in [1.54, 1.807) is 66.6 Å². The van der Waals surface area contributed by atoms with Gasteiger partial charge in [0.05, 0.1) is 21.5 Å². The lowest BCUT2D eigenvalue weighted by molar-refractivity contribution is -0.132. The van der Waals surface area contributed by atoms with Crippen LogP contribution in [-0.4, -0.2) is 68.5 Å². The highest BCUT2D eigenvalue weighted by molar-refractivity contribution is 14.1. The van der Waals surface area contributed by atoms with Gasteiger partial charge in [-0.05, 0) is 115 Å². The van der Waals surface area contributed by atoms with Crippen molar-refractivity contribution in [3.63, 3.8) is 0 Å². The van der Waals surface area contributed by atoms with Gasteiger partial charge in [-0.25, -0.2) is 20.0 Å². The Hall–Kier alpha value is -7.95. The van der Waals surface area contributed by atoms with Crippen LogP contribution >= 0.6 is 33.9 Å². The van der Waals surface area contributed by atoms with E-state index < -0.39 is 5.97 Å².